The highest BCUT2D eigenvalue weighted by Gasteiger charge is 2.24. The number of aromatic nitrogens is 3. The molecule has 0 radical (unpaired) electrons. The third kappa shape index (κ3) is 3.79. The summed E-state index contributed by atoms with van der Waals surface area (Å²) < 4.78 is 30.5. The van der Waals surface area contributed by atoms with E-state index in [1.807, 2.05) is 16.8 Å². The van der Waals surface area contributed by atoms with Crippen molar-refractivity contribution < 1.29 is 13.6 Å². The SMILES string of the molecule is O=C(Nc1c(F)cccc1F)c1nc2c(s1)-c1cc(-n3cnc(Br)c3)ccc1CCC2. The van der Waals surface area contributed by atoms with Gasteiger partial charge >= 0.3 is 0 Å². The molecule has 2 aromatic carbocycles. The van der Waals surface area contributed by atoms with Gasteiger partial charge in [0.2, 0.25) is 0 Å². The van der Waals surface area contributed by atoms with Gasteiger partial charge in [0, 0.05) is 11.9 Å². The molecule has 0 aliphatic heterocycles. The summed E-state index contributed by atoms with van der Waals surface area (Å²) >= 11 is 4.60. The lowest BCUT2D eigenvalue weighted by atomic mass is 10.0. The van der Waals surface area contributed by atoms with Crippen molar-refractivity contribution in [1.82, 2.24) is 14.5 Å². The zero-order chi connectivity index (χ0) is 21.5. The minimum absolute atomic E-state index is 0.177. The van der Waals surface area contributed by atoms with E-state index in [0.29, 0.717) is 0 Å². The van der Waals surface area contributed by atoms with Crippen molar-refractivity contribution >= 4 is 38.9 Å². The van der Waals surface area contributed by atoms with Crippen molar-refractivity contribution in [3.05, 3.63) is 81.4 Å². The second kappa shape index (κ2) is 7.97. The molecule has 0 atom stereocenters. The molecule has 0 bridgehead atoms. The van der Waals surface area contributed by atoms with Gasteiger partial charge in [0.25, 0.3) is 5.91 Å². The lowest BCUT2D eigenvalue weighted by molar-refractivity contribution is 0.102. The van der Waals surface area contributed by atoms with Gasteiger partial charge in [-0.3, -0.25) is 4.79 Å². The van der Waals surface area contributed by atoms with Crippen LogP contribution in [0.4, 0.5) is 14.5 Å². The number of nitrogens with one attached hydrogen (secondary N) is 1. The van der Waals surface area contributed by atoms with E-state index in [1.54, 1.807) is 6.33 Å². The molecule has 1 amide bonds. The minimum Gasteiger partial charge on any atom is -0.315 e. The number of para-hydroxylation sites is 1. The van der Waals surface area contributed by atoms with Crippen molar-refractivity contribution in [2.24, 2.45) is 0 Å². The number of halogens is 3. The van der Waals surface area contributed by atoms with E-state index in [4.69, 9.17) is 0 Å². The number of imidazole rings is 1. The van der Waals surface area contributed by atoms with Gasteiger partial charge in [-0.25, -0.2) is 18.7 Å². The highest BCUT2D eigenvalue weighted by atomic mass is 79.9. The maximum Gasteiger partial charge on any atom is 0.284 e. The number of thiazole rings is 1. The molecule has 1 N–H and O–H groups in total. The van der Waals surface area contributed by atoms with E-state index in [0.717, 1.165) is 57.8 Å². The molecule has 1 aliphatic carbocycles. The molecule has 0 spiro atoms. The van der Waals surface area contributed by atoms with Crippen LogP contribution < -0.4 is 5.32 Å². The molecule has 1 aliphatic rings. The average Bonchev–Trinajstić information content (AvgIpc) is 3.34. The molecule has 156 valence electrons. The van der Waals surface area contributed by atoms with Crippen LogP contribution in [0.5, 0.6) is 0 Å². The summed E-state index contributed by atoms with van der Waals surface area (Å²) in [7, 11) is 0. The number of amides is 1. The van der Waals surface area contributed by atoms with Crippen LogP contribution in [0, 0.1) is 11.6 Å². The lowest BCUT2D eigenvalue weighted by Crippen LogP contribution is -2.14. The molecule has 2 aromatic heterocycles. The van der Waals surface area contributed by atoms with Crippen LogP contribution >= 0.6 is 27.3 Å². The molecule has 2 heterocycles. The van der Waals surface area contributed by atoms with Gasteiger partial charge < -0.3 is 9.88 Å². The van der Waals surface area contributed by atoms with E-state index in [-0.39, 0.29) is 5.01 Å². The zero-order valence-electron chi connectivity index (χ0n) is 16.0. The normalized spacial score (nSPS) is 12.7. The van der Waals surface area contributed by atoms with Crippen LogP contribution in [0.3, 0.4) is 0 Å². The van der Waals surface area contributed by atoms with Gasteiger partial charge in [-0.15, -0.1) is 11.3 Å². The number of nitrogens with zero attached hydrogens (tertiary/aromatic N) is 3. The second-order valence-electron chi connectivity index (χ2n) is 7.14. The molecule has 0 unspecified atom stereocenters. The van der Waals surface area contributed by atoms with Gasteiger partial charge in [-0.05, 0) is 70.6 Å². The van der Waals surface area contributed by atoms with E-state index >= 15 is 0 Å². The predicted molar refractivity (Wildman–Crippen MR) is 119 cm³/mol. The van der Waals surface area contributed by atoms with Crippen LogP contribution in [0.2, 0.25) is 0 Å². The Kier molecular flexibility index (Phi) is 5.15. The highest BCUT2D eigenvalue weighted by Crippen LogP contribution is 2.38. The average molecular weight is 501 g/mol. The highest BCUT2D eigenvalue weighted by molar-refractivity contribution is 9.10. The molecule has 4 aromatic rings. The number of anilines is 1. The number of hydrogen-bond acceptors (Lipinski definition) is 4. The van der Waals surface area contributed by atoms with Crippen molar-refractivity contribution in [2.75, 3.05) is 5.32 Å². The Bertz CT molecular complexity index is 1300. The Morgan fingerprint density at radius 1 is 1.16 bits per heavy atom. The number of carbonyl (C=O) groups excluding carboxylic acids is 1. The first-order chi connectivity index (χ1) is 15.0. The summed E-state index contributed by atoms with van der Waals surface area (Å²) in [5.41, 5.74) is 3.50. The fraction of sp³-hybridized carbons (Fsp3) is 0.136. The molecule has 0 saturated heterocycles. The van der Waals surface area contributed by atoms with E-state index in [9.17, 15) is 13.6 Å². The van der Waals surface area contributed by atoms with Crippen molar-refractivity contribution in [2.45, 2.75) is 19.3 Å². The Morgan fingerprint density at radius 3 is 2.71 bits per heavy atom. The van der Waals surface area contributed by atoms with Crippen LogP contribution in [-0.2, 0) is 12.8 Å². The lowest BCUT2D eigenvalue weighted by Gasteiger charge is -2.09. The molecule has 0 fully saturated rings. The standard InChI is InChI=1S/C22H15BrF2N4OS/c23-18-10-29(11-26-18)13-8-7-12-3-1-6-17-20(14(12)9-13)31-22(27-17)21(30)28-19-15(24)4-2-5-16(19)25/h2,4-5,7-11H,1,3,6H2,(H,28,30). The summed E-state index contributed by atoms with van der Waals surface area (Å²) in [6, 6.07) is 9.63. The van der Waals surface area contributed by atoms with Crippen LogP contribution in [0.1, 0.15) is 27.5 Å². The van der Waals surface area contributed by atoms with Crippen molar-refractivity contribution in [3.63, 3.8) is 0 Å². The third-order valence-corrected chi connectivity index (χ3v) is 6.68. The zero-order valence-corrected chi connectivity index (χ0v) is 18.4. The summed E-state index contributed by atoms with van der Waals surface area (Å²) in [6.07, 6.45) is 6.14. The fourth-order valence-corrected chi connectivity index (χ4v) is 5.02. The Balaban J connectivity index is 1.52. The topological polar surface area (TPSA) is 59.8 Å². The maximum atomic E-state index is 13.9. The Labute approximate surface area is 188 Å². The fourth-order valence-electron chi connectivity index (χ4n) is 3.65. The Morgan fingerprint density at radius 2 is 1.97 bits per heavy atom. The molecule has 5 rings (SSSR count). The van der Waals surface area contributed by atoms with Crippen LogP contribution in [0.25, 0.3) is 16.1 Å². The first kappa shape index (κ1) is 20.0. The van der Waals surface area contributed by atoms with E-state index in [2.05, 4.69) is 43.3 Å². The molecule has 0 saturated carbocycles. The van der Waals surface area contributed by atoms with Gasteiger partial charge in [0.05, 0.1) is 10.6 Å². The van der Waals surface area contributed by atoms with Crippen molar-refractivity contribution in [1.29, 1.82) is 0 Å². The third-order valence-electron chi connectivity index (χ3n) is 5.14. The number of carbonyl (C=O) groups is 1. The number of benzene rings is 2. The van der Waals surface area contributed by atoms with E-state index < -0.39 is 23.2 Å². The summed E-state index contributed by atoms with van der Waals surface area (Å²) in [4.78, 5) is 22.3. The summed E-state index contributed by atoms with van der Waals surface area (Å²) in [6.45, 7) is 0. The molecule has 31 heavy (non-hydrogen) atoms. The molecule has 5 nitrogen and oxygen atoms in total. The Hall–Kier alpha value is -2.91. The predicted octanol–water partition coefficient (Wildman–Crippen LogP) is 5.78. The molecular weight excluding hydrogens is 486 g/mol. The number of aryl methyl sites for hydroxylation is 2. The molecule has 9 heteroatoms. The van der Waals surface area contributed by atoms with Gasteiger partial charge in [0.1, 0.15) is 28.3 Å². The van der Waals surface area contributed by atoms with Gasteiger partial charge in [-0.1, -0.05) is 12.1 Å². The van der Waals surface area contributed by atoms with Crippen molar-refractivity contribution in [3.8, 4) is 16.1 Å². The summed E-state index contributed by atoms with van der Waals surface area (Å²) in [5, 5.41) is 2.50. The number of fused-ring (bicyclic) bond motifs is 3. The second-order valence-corrected chi connectivity index (χ2v) is 8.96. The monoisotopic (exact) mass is 500 g/mol. The maximum absolute atomic E-state index is 13.9. The van der Waals surface area contributed by atoms with E-state index in [1.165, 1.54) is 23.0 Å². The van der Waals surface area contributed by atoms with Crippen LogP contribution in [0.15, 0.2) is 53.5 Å². The smallest absolute Gasteiger partial charge is 0.284 e. The molecular formula is C22H15BrF2N4OS. The van der Waals surface area contributed by atoms with Gasteiger partial charge in [0.15, 0.2) is 5.01 Å². The first-order valence-electron chi connectivity index (χ1n) is 9.58. The number of rotatable bonds is 3. The van der Waals surface area contributed by atoms with Gasteiger partial charge in [-0.2, -0.15) is 0 Å². The van der Waals surface area contributed by atoms with Crippen LogP contribution in [-0.4, -0.2) is 20.4 Å². The quantitative estimate of drug-likeness (QED) is 0.388. The summed E-state index contributed by atoms with van der Waals surface area (Å²) in [5.74, 6) is -2.28. The number of hydrogen-bond donors (Lipinski definition) is 1. The largest absolute Gasteiger partial charge is 0.315 e. The first-order valence-corrected chi connectivity index (χ1v) is 11.2. The minimum atomic E-state index is -0.826.